The van der Waals surface area contributed by atoms with Crippen LogP contribution in [0.2, 0.25) is 0 Å². The number of esters is 1. The molecule has 1 heterocycles. The highest BCUT2D eigenvalue weighted by Crippen LogP contribution is 2.29. The molecule has 29 heavy (non-hydrogen) atoms. The minimum atomic E-state index is -0.892. The van der Waals surface area contributed by atoms with E-state index < -0.39 is 5.54 Å². The van der Waals surface area contributed by atoms with Crippen LogP contribution < -0.4 is 10.2 Å². The standard InChI is InChI=1S/C23H35N3O3/c1-3-14-25-15-17-26(18-16-25)20-10-8-19(9-11-20)21(27)24-23(22(28)29-2)12-6-4-5-7-13-23/h8-11H,3-7,12-18H2,1-2H3,(H,24,27). The molecule has 1 N–H and O–H groups in total. The van der Waals surface area contributed by atoms with E-state index in [2.05, 4.69) is 22.0 Å². The highest BCUT2D eigenvalue weighted by atomic mass is 16.5. The van der Waals surface area contributed by atoms with E-state index in [9.17, 15) is 9.59 Å². The summed E-state index contributed by atoms with van der Waals surface area (Å²) in [7, 11) is 1.40. The van der Waals surface area contributed by atoms with Crippen LogP contribution in [0.1, 0.15) is 62.2 Å². The van der Waals surface area contributed by atoms with E-state index in [1.807, 2.05) is 24.3 Å². The number of carbonyl (C=O) groups excluding carboxylic acids is 2. The molecule has 0 atom stereocenters. The van der Waals surface area contributed by atoms with Crippen molar-refractivity contribution < 1.29 is 14.3 Å². The van der Waals surface area contributed by atoms with Crippen LogP contribution in [0, 0.1) is 0 Å². The Bertz CT molecular complexity index is 673. The summed E-state index contributed by atoms with van der Waals surface area (Å²) < 4.78 is 5.05. The Labute approximate surface area is 174 Å². The summed E-state index contributed by atoms with van der Waals surface area (Å²) >= 11 is 0. The van der Waals surface area contributed by atoms with Gasteiger partial charge in [0.1, 0.15) is 5.54 Å². The molecule has 0 radical (unpaired) electrons. The predicted octanol–water partition coefficient (Wildman–Crippen LogP) is 3.21. The van der Waals surface area contributed by atoms with Crippen molar-refractivity contribution in [1.29, 1.82) is 0 Å². The van der Waals surface area contributed by atoms with E-state index in [-0.39, 0.29) is 11.9 Å². The lowest BCUT2D eigenvalue weighted by atomic mass is 9.89. The highest BCUT2D eigenvalue weighted by molar-refractivity contribution is 5.98. The molecule has 6 heteroatoms. The van der Waals surface area contributed by atoms with Crippen LogP contribution in [0.25, 0.3) is 0 Å². The smallest absolute Gasteiger partial charge is 0.331 e. The zero-order chi connectivity index (χ0) is 20.7. The lowest BCUT2D eigenvalue weighted by Gasteiger charge is -2.36. The monoisotopic (exact) mass is 401 g/mol. The first-order chi connectivity index (χ1) is 14.1. The number of anilines is 1. The second-order valence-electron chi connectivity index (χ2n) is 8.32. The van der Waals surface area contributed by atoms with E-state index in [0.29, 0.717) is 18.4 Å². The third-order valence-electron chi connectivity index (χ3n) is 6.29. The average Bonchev–Trinajstić information content (AvgIpc) is 3.00. The molecule has 160 valence electrons. The van der Waals surface area contributed by atoms with Crippen LogP contribution in [0.4, 0.5) is 5.69 Å². The van der Waals surface area contributed by atoms with Gasteiger partial charge in [-0.3, -0.25) is 9.69 Å². The van der Waals surface area contributed by atoms with Gasteiger partial charge in [0, 0.05) is 37.4 Å². The largest absolute Gasteiger partial charge is 0.467 e. The van der Waals surface area contributed by atoms with E-state index in [4.69, 9.17) is 4.74 Å². The fourth-order valence-electron chi connectivity index (χ4n) is 4.57. The van der Waals surface area contributed by atoms with Crippen molar-refractivity contribution in [2.75, 3.05) is 44.7 Å². The number of benzene rings is 1. The third kappa shape index (κ3) is 5.30. The molecule has 1 aliphatic carbocycles. The fourth-order valence-corrected chi connectivity index (χ4v) is 4.57. The fraction of sp³-hybridized carbons (Fsp3) is 0.652. The van der Waals surface area contributed by atoms with Crippen molar-refractivity contribution in [3.05, 3.63) is 29.8 Å². The number of piperazine rings is 1. The van der Waals surface area contributed by atoms with Crippen molar-refractivity contribution in [2.45, 2.75) is 57.4 Å². The lowest BCUT2D eigenvalue weighted by Crippen LogP contribution is -2.54. The Morgan fingerprint density at radius 2 is 1.62 bits per heavy atom. The molecule has 1 aliphatic heterocycles. The molecule has 1 saturated carbocycles. The van der Waals surface area contributed by atoms with Crippen molar-refractivity contribution in [1.82, 2.24) is 10.2 Å². The number of hydrogen-bond donors (Lipinski definition) is 1. The maximum absolute atomic E-state index is 12.9. The Morgan fingerprint density at radius 3 is 2.17 bits per heavy atom. The molecule has 1 amide bonds. The molecule has 2 aliphatic rings. The second kappa shape index (κ2) is 10.1. The number of carbonyl (C=O) groups is 2. The van der Waals surface area contributed by atoms with Crippen LogP contribution in [0.15, 0.2) is 24.3 Å². The minimum absolute atomic E-state index is 0.198. The van der Waals surface area contributed by atoms with Gasteiger partial charge < -0.3 is 15.0 Å². The van der Waals surface area contributed by atoms with Gasteiger partial charge in [-0.25, -0.2) is 4.79 Å². The van der Waals surface area contributed by atoms with Crippen molar-refractivity contribution in [3.8, 4) is 0 Å². The van der Waals surface area contributed by atoms with E-state index in [0.717, 1.165) is 64.1 Å². The zero-order valence-corrected chi connectivity index (χ0v) is 17.9. The van der Waals surface area contributed by atoms with E-state index in [1.54, 1.807) is 0 Å². The van der Waals surface area contributed by atoms with Gasteiger partial charge in [-0.15, -0.1) is 0 Å². The van der Waals surface area contributed by atoms with Gasteiger partial charge in [-0.2, -0.15) is 0 Å². The summed E-state index contributed by atoms with van der Waals surface area (Å²) in [6.45, 7) is 7.56. The van der Waals surface area contributed by atoms with Crippen LogP contribution in [-0.4, -0.2) is 62.1 Å². The molecule has 0 unspecified atom stereocenters. The minimum Gasteiger partial charge on any atom is -0.467 e. The predicted molar refractivity (Wildman–Crippen MR) is 115 cm³/mol. The second-order valence-corrected chi connectivity index (χ2v) is 8.32. The van der Waals surface area contributed by atoms with Gasteiger partial charge in [0.2, 0.25) is 0 Å². The van der Waals surface area contributed by atoms with Crippen molar-refractivity contribution in [3.63, 3.8) is 0 Å². The first-order valence-corrected chi connectivity index (χ1v) is 11.1. The van der Waals surface area contributed by atoms with Gasteiger partial charge in [0.05, 0.1) is 7.11 Å². The number of rotatable bonds is 6. The van der Waals surface area contributed by atoms with Gasteiger partial charge >= 0.3 is 5.97 Å². The van der Waals surface area contributed by atoms with Crippen molar-refractivity contribution >= 4 is 17.6 Å². The van der Waals surface area contributed by atoms with Gasteiger partial charge in [0.25, 0.3) is 5.91 Å². The molecule has 2 fully saturated rings. The quantitative estimate of drug-likeness (QED) is 0.586. The van der Waals surface area contributed by atoms with Gasteiger partial charge in [0.15, 0.2) is 0 Å². The van der Waals surface area contributed by atoms with Gasteiger partial charge in [-0.1, -0.05) is 32.6 Å². The molecule has 6 nitrogen and oxygen atoms in total. The molecule has 0 aromatic heterocycles. The Hall–Kier alpha value is -2.08. The van der Waals surface area contributed by atoms with E-state index >= 15 is 0 Å². The molecular weight excluding hydrogens is 366 g/mol. The first-order valence-electron chi connectivity index (χ1n) is 11.1. The topological polar surface area (TPSA) is 61.9 Å². The Kier molecular flexibility index (Phi) is 7.53. The Morgan fingerprint density at radius 1 is 1.00 bits per heavy atom. The molecule has 3 rings (SSSR count). The summed E-state index contributed by atoms with van der Waals surface area (Å²) in [5.74, 6) is -0.522. The maximum atomic E-state index is 12.9. The maximum Gasteiger partial charge on any atom is 0.331 e. The zero-order valence-electron chi connectivity index (χ0n) is 17.9. The van der Waals surface area contributed by atoms with Crippen LogP contribution in [-0.2, 0) is 9.53 Å². The molecule has 1 aromatic carbocycles. The number of amides is 1. The number of ether oxygens (including phenoxy) is 1. The van der Waals surface area contributed by atoms with Gasteiger partial charge in [-0.05, 0) is 50.1 Å². The average molecular weight is 402 g/mol. The molecule has 1 saturated heterocycles. The number of methoxy groups -OCH3 is 1. The van der Waals surface area contributed by atoms with E-state index in [1.165, 1.54) is 13.5 Å². The number of nitrogens with zero attached hydrogens (tertiary/aromatic N) is 2. The van der Waals surface area contributed by atoms with Crippen LogP contribution in [0.3, 0.4) is 0 Å². The normalized spacial score (nSPS) is 20.0. The lowest BCUT2D eigenvalue weighted by molar-refractivity contribution is -0.148. The summed E-state index contributed by atoms with van der Waals surface area (Å²) in [4.78, 5) is 30.3. The first kappa shape index (κ1) is 21.6. The SMILES string of the molecule is CCCN1CCN(c2ccc(C(=O)NC3(C(=O)OC)CCCCCC3)cc2)CC1. The summed E-state index contributed by atoms with van der Waals surface area (Å²) in [6, 6.07) is 7.76. The van der Waals surface area contributed by atoms with Crippen LogP contribution in [0.5, 0.6) is 0 Å². The summed E-state index contributed by atoms with van der Waals surface area (Å²) in [5.41, 5.74) is 0.845. The molecule has 1 aromatic rings. The Balaban J connectivity index is 1.64. The number of hydrogen-bond acceptors (Lipinski definition) is 5. The number of nitrogens with one attached hydrogen (secondary N) is 1. The molecular formula is C23H35N3O3. The van der Waals surface area contributed by atoms with Crippen LogP contribution >= 0.6 is 0 Å². The third-order valence-corrected chi connectivity index (χ3v) is 6.29. The highest BCUT2D eigenvalue weighted by Gasteiger charge is 2.41. The molecule has 0 spiro atoms. The molecule has 0 bridgehead atoms. The van der Waals surface area contributed by atoms with Crippen molar-refractivity contribution in [2.24, 2.45) is 0 Å². The summed E-state index contributed by atoms with van der Waals surface area (Å²) in [5, 5.41) is 3.02. The summed E-state index contributed by atoms with van der Waals surface area (Å²) in [6.07, 6.45) is 6.52.